The van der Waals surface area contributed by atoms with Gasteiger partial charge < -0.3 is 9.88 Å². The Morgan fingerprint density at radius 2 is 1.66 bits per heavy atom. The number of nitro groups is 1. The van der Waals surface area contributed by atoms with Crippen LogP contribution in [0.4, 0.5) is 5.69 Å². The molecule has 1 aliphatic carbocycles. The third-order valence-corrected chi connectivity index (χ3v) is 8.71. The molecule has 1 aromatic heterocycles. The Bertz CT molecular complexity index is 1550. The van der Waals surface area contributed by atoms with Crippen molar-refractivity contribution in [3.8, 4) is 0 Å². The summed E-state index contributed by atoms with van der Waals surface area (Å²) < 4.78 is 28.2. The van der Waals surface area contributed by atoms with Crippen molar-refractivity contribution in [3.63, 3.8) is 0 Å². The number of nitrogens with one attached hydrogen (secondary N) is 1. The quantitative estimate of drug-likeness (QED) is 0.226. The molecular formula is C28H28N4O5S. The highest BCUT2D eigenvalue weighted by Crippen LogP contribution is 2.32. The van der Waals surface area contributed by atoms with Crippen molar-refractivity contribution in [3.05, 3.63) is 106 Å². The standard InChI is InChI=1S/C28H28N4O5S/c33-28(20-31(23-10-11-23)38(36,37)25-14-12-24(13-15-25)32(34)35)30(19-21-6-2-1-3-7-21)17-16-22-18-29-27-9-5-4-8-26(22)27/h1-9,12-15,18,23,29H,10-11,16-17,19-20H2. The molecule has 0 atom stereocenters. The van der Waals surface area contributed by atoms with Crippen LogP contribution in [0.3, 0.4) is 0 Å². The number of aromatic amines is 1. The number of hydrogen-bond acceptors (Lipinski definition) is 5. The van der Waals surface area contributed by atoms with E-state index in [-0.39, 0.29) is 29.1 Å². The van der Waals surface area contributed by atoms with Crippen molar-refractivity contribution in [2.45, 2.75) is 36.7 Å². The molecule has 3 aromatic carbocycles. The average Bonchev–Trinajstić information content (AvgIpc) is 3.69. The molecule has 1 fully saturated rings. The summed E-state index contributed by atoms with van der Waals surface area (Å²) >= 11 is 0. The number of nitro benzene ring substituents is 1. The number of nitrogens with zero attached hydrogens (tertiary/aromatic N) is 3. The van der Waals surface area contributed by atoms with E-state index in [1.165, 1.54) is 28.6 Å². The fourth-order valence-electron chi connectivity index (χ4n) is 4.57. The minimum atomic E-state index is -4.01. The number of sulfonamides is 1. The Labute approximate surface area is 220 Å². The van der Waals surface area contributed by atoms with Gasteiger partial charge >= 0.3 is 0 Å². The maximum absolute atomic E-state index is 13.7. The van der Waals surface area contributed by atoms with E-state index < -0.39 is 14.9 Å². The lowest BCUT2D eigenvalue weighted by Gasteiger charge is -2.27. The van der Waals surface area contributed by atoms with Crippen molar-refractivity contribution < 1.29 is 18.1 Å². The van der Waals surface area contributed by atoms with Crippen molar-refractivity contribution in [2.24, 2.45) is 0 Å². The van der Waals surface area contributed by atoms with Gasteiger partial charge in [-0.2, -0.15) is 4.31 Å². The third kappa shape index (κ3) is 5.61. The monoisotopic (exact) mass is 532 g/mol. The predicted octanol–water partition coefficient (Wildman–Crippen LogP) is 4.50. The lowest BCUT2D eigenvalue weighted by Crippen LogP contribution is -2.44. The molecule has 1 N–H and O–H groups in total. The van der Waals surface area contributed by atoms with E-state index in [0.29, 0.717) is 32.4 Å². The van der Waals surface area contributed by atoms with Gasteiger partial charge in [0.05, 0.1) is 16.4 Å². The van der Waals surface area contributed by atoms with Crippen LogP contribution in [0.5, 0.6) is 0 Å². The first-order chi connectivity index (χ1) is 18.3. The summed E-state index contributed by atoms with van der Waals surface area (Å²) in [5.74, 6) is -0.286. The molecule has 38 heavy (non-hydrogen) atoms. The van der Waals surface area contributed by atoms with Crippen LogP contribution < -0.4 is 0 Å². The molecule has 0 unspecified atom stereocenters. The Morgan fingerprint density at radius 1 is 0.974 bits per heavy atom. The molecule has 1 saturated carbocycles. The molecular weight excluding hydrogens is 504 g/mol. The molecule has 10 heteroatoms. The summed E-state index contributed by atoms with van der Waals surface area (Å²) in [6, 6.07) is 22.1. The molecule has 0 aliphatic heterocycles. The van der Waals surface area contributed by atoms with Crippen LogP contribution in [-0.2, 0) is 27.8 Å². The largest absolute Gasteiger partial charge is 0.361 e. The van der Waals surface area contributed by atoms with Gasteiger partial charge in [-0.1, -0.05) is 48.5 Å². The number of carbonyl (C=O) groups is 1. The van der Waals surface area contributed by atoms with Gasteiger partial charge in [-0.15, -0.1) is 0 Å². The number of non-ortho nitro benzene ring substituents is 1. The zero-order chi connectivity index (χ0) is 26.7. The fraction of sp³-hybridized carbons (Fsp3) is 0.250. The normalized spacial score (nSPS) is 13.6. The third-order valence-electron chi connectivity index (χ3n) is 6.79. The van der Waals surface area contributed by atoms with Crippen LogP contribution >= 0.6 is 0 Å². The van der Waals surface area contributed by atoms with E-state index in [0.717, 1.165) is 22.0 Å². The van der Waals surface area contributed by atoms with Gasteiger partial charge in [0.25, 0.3) is 5.69 Å². The van der Waals surface area contributed by atoms with Crippen molar-refractivity contribution in [2.75, 3.05) is 13.1 Å². The minimum Gasteiger partial charge on any atom is -0.361 e. The Morgan fingerprint density at radius 3 is 2.34 bits per heavy atom. The van der Waals surface area contributed by atoms with Gasteiger partial charge in [-0.25, -0.2) is 8.42 Å². The van der Waals surface area contributed by atoms with E-state index in [1.807, 2.05) is 60.8 Å². The number of hydrogen-bond donors (Lipinski definition) is 1. The predicted molar refractivity (Wildman–Crippen MR) is 144 cm³/mol. The van der Waals surface area contributed by atoms with Crippen LogP contribution in [0.1, 0.15) is 24.0 Å². The van der Waals surface area contributed by atoms with Gasteiger partial charge in [0.2, 0.25) is 15.9 Å². The molecule has 1 heterocycles. The number of carbonyl (C=O) groups excluding carboxylic acids is 1. The van der Waals surface area contributed by atoms with E-state index in [1.54, 1.807) is 4.90 Å². The van der Waals surface area contributed by atoms with Gasteiger partial charge in [-0.3, -0.25) is 14.9 Å². The summed E-state index contributed by atoms with van der Waals surface area (Å²) in [6.07, 6.45) is 3.91. The van der Waals surface area contributed by atoms with E-state index in [4.69, 9.17) is 0 Å². The van der Waals surface area contributed by atoms with Crippen LogP contribution in [-0.4, -0.2) is 52.6 Å². The first-order valence-electron chi connectivity index (χ1n) is 12.5. The highest BCUT2D eigenvalue weighted by Gasteiger charge is 2.40. The molecule has 0 bridgehead atoms. The van der Waals surface area contributed by atoms with E-state index >= 15 is 0 Å². The molecule has 1 aliphatic rings. The highest BCUT2D eigenvalue weighted by atomic mass is 32.2. The number of rotatable bonds is 11. The lowest BCUT2D eigenvalue weighted by atomic mass is 10.1. The maximum Gasteiger partial charge on any atom is 0.269 e. The van der Waals surface area contributed by atoms with Crippen LogP contribution in [0.15, 0.2) is 90.0 Å². The minimum absolute atomic E-state index is 0.0591. The molecule has 0 radical (unpaired) electrons. The second kappa shape index (κ2) is 10.8. The first kappa shape index (κ1) is 25.6. The zero-order valence-corrected chi connectivity index (χ0v) is 21.5. The molecule has 1 amide bonds. The molecule has 4 aromatic rings. The Balaban J connectivity index is 1.37. The molecule has 5 rings (SSSR count). The molecule has 9 nitrogen and oxygen atoms in total. The maximum atomic E-state index is 13.7. The Hall–Kier alpha value is -4.02. The van der Waals surface area contributed by atoms with Gasteiger partial charge in [0.15, 0.2) is 0 Å². The number of aromatic nitrogens is 1. The van der Waals surface area contributed by atoms with Gasteiger partial charge in [0.1, 0.15) is 0 Å². The van der Waals surface area contributed by atoms with Crippen molar-refractivity contribution in [1.82, 2.24) is 14.2 Å². The first-order valence-corrected chi connectivity index (χ1v) is 13.9. The number of fused-ring (bicyclic) bond motifs is 1. The smallest absolute Gasteiger partial charge is 0.269 e. The zero-order valence-electron chi connectivity index (χ0n) is 20.7. The Kier molecular flexibility index (Phi) is 7.26. The summed E-state index contributed by atoms with van der Waals surface area (Å²) in [4.78, 5) is 29.0. The fourth-order valence-corrected chi connectivity index (χ4v) is 6.21. The number of amides is 1. The van der Waals surface area contributed by atoms with Gasteiger partial charge in [0, 0.05) is 48.4 Å². The van der Waals surface area contributed by atoms with E-state index in [2.05, 4.69) is 4.98 Å². The number of para-hydroxylation sites is 1. The molecule has 0 saturated heterocycles. The molecule has 0 spiro atoms. The SMILES string of the molecule is O=C(CN(C1CC1)S(=O)(=O)c1ccc([N+](=O)[O-])cc1)N(CCc1c[nH]c2ccccc12)Cc1ccccc1. The molecule has 196 valence electrons. The van der Waals surface area contributed by atoms with Crippen molar-refractivity contribution >= 4 is 32.5 Å². The van der Waals surface area contributed by atoms with Crippen LogP contribution in [0.25, 0.3) is 10.9 Å². The average molecular weight is 533 g/mol. The lowest BCUT2D eigenvalue weighted by molar-refractivity contribution is -0.384. The summed E-state index contributed by atoms with van der Waals surface area (Å²) in [7, 11) is -4.01. The number of H-pyrrole nitrogens is 1. The second-order valence-electron chi connectivity index (χ2n) is 9.44. The summed E-state index contributed by atoms with van der Waals surface area (Å²) in [6.45, 7) is 0.495. The van der Waals surface area contributed by atoms with E-state index in [9.17, 15) is 23.3 Å². The van der Waals surface area contributed by atoms with Gasteiger partial charge in [-0.05, 0) is 48.6 Å². The van der Waals surface area contributed by atoms with Crippen molar-refractivity contribution in [1.29, 1.82) is 0 Å². The highest BCUT2D eigenvalue weighted by molar-refractivity contribution is 7.89. The summed E-state index contributed by atoms with van der Waals surface area (Å²) in [5.41, 5.74) is 2.88. The second-order valence-corrected chi connectivity index (χ2v) is 11.3. The topological polar surface area (TPSA) is 117 Å². The van der Waals surface area contributed by atoms with Crippen LogP contribution in [0, 0.1) is 10.1 Å². The summed E-state index contributed by atoms with van der Waals surface area (Å²) in [5, 5.41) is 12.1. The number of benzene rings is 3. The van der Waals surface area contributed by atoms with Crippen LogP contribution in [0.2, 0.25) is 0 Å².